The molecule has 0 aliphatic rings. The minimum atomic E-state index is -0.833. The number of hydrogen-bond acceptors (Lipinski definition) is 4. The molecule has 0 amide bonds. The molecule has 0 aliphatic heterocycles. The lowest BCUT2D eigenvalue weighted by atomic mass is 10.0. The number of nitrogens with two attached hydrogens (primary N) is 1. The van der Waals surface area contributed by atoms with E-state index in [0.717, 1.165) is 64.9 Å². The van der Waals surface area contributed by atoms with E-state index in [1.54, 1.807) is 0 Å². The second kappa shape index (κ2) is 10.8. The van der Waals surface area contributed by atoms with Crippen LogP contribution in [0.4, 0.5) is 0 Å². The normalized spacial score (nSPS) is 10.8. The molecule has 35 heavy (non-hydrogen) atoms. The third-order valence-electron chi connectivity index (χ3n) is 5.70. The van der Waals surface area contributed by atoms with Crippen molar-refractivity contribution in [2.75, 3.05) is 6.54 Å². The number of carboxylic acids is 1. The molecule has 0 unspecified atom stereocenters. The third-order valence-corrected chi connectivity index (χ3v) is 5.70. The molecule has 7 nitrogen and oxygen atoms in total. The number of aliphatic carboxylic acids is 1. The maximum atomic E-state index is 13.1. The second-order valence-corrected chi connectivity index (χ2v) is 8.28. The van der Waals surface area contributed by atoms with Crippen LogP contribution in [-0.4, -0.2) is 32.2 Å². The first-order chi connectivity index (χ1) is 17.0. The number of aromatic amines is 1. The van der Waals surface area contributed by atoms with Crippen LogP contribution in [0.1, 0.15) is 19.8 Å². The summed E-state index contributed by atoms with van der Waals surface area (Å²) in [4.78, 5) is 29.9. The van der Waals surface area contributed by atoms with E-state index in [4.69, 9.17) is 20.6 Å². The summed E-state index contributed by atoms with van der Waals surface area (Å²) in [5.74, 6) is -0.833. The molecule has 2 heterocycles. The highest BCUT2D eigenvalue weighted by molar-refractivity contribution is 5.96. The van der Waals surface area contributed by atoms with Crippen LogP contribution in [0.5, 0.6) is 0 Å². The Kier molecular flexibility index (Phi) is 7.38. The molecule has 0 saturated carbocycles. The largest absolute Gasteiger partial charge is 0.481 e. The Morgan fingerprint density at radius 3 is 2.46 bits per heavy atom. The Hall–Kier alpha value is -4.23. The number of para-hydroxylation sites is 1. The van der Waals surface area contributed by atoms with Gasteiger partial charge >= 0.3 is 0 Å². The highest BCUT2D eigenvalue weighted by Crippen LogP contribution is 2.29. The number of hydrogen-bond donors (Lipinski definition) is 3. The molecule has 178 valence electrons. The van der Waals surface area contributed by atoms with Crippen LogP contribution in [0.15, 0.2) is 83.8 Å². The maximum Gasteiger partial charge on any atom is 0.300 e. The monoisotopic (exact) mass is 468 g/mol. The first-order valence-corrected chi connectivity index (χ1v) is 11.6. The van der Waals surface area contributed by atoms with Gasteiger partial charge in [0.15, 0.2) is 0 Å². The molecular formula is C28H28N4O3. The van der Waals surface area contributed by atoms with Gasteiger partial charge in [-0.15, -0.1) is 0 Å². The van der Waals surface area contributed by atoms with Crippen LogP contribution in [0, 0.1) is 0 Å². The molecular weight excluding hydrogens is 440 g/mol. The highest BCUT2D eigenvalue weighted by Gasteiger charge is 2.15. The molecule has 2 aromatic heterocycles. The maximum absolute atomic E-state index is 13.1. The minimum absolute atomic E-state index is 0.178. The molecule has 0 fully saturated rings. The van der Waals surface area contributed by atoms with Gasteiger partial charge in [-0.05, 0) is 48.7 Å². The first kappa shape index (κ1) is 23.9. The highest BCUT2D eigenvalue weighted by atomic mass is 16.4. The van der Waals surface area contributed by atoms with E-state index in [1.807, 2.05) is 60.8 Å². The van der Waals surface area contributed by atoms with Gasteiger partial charge in [-0.3, -0.25) is 9.59 Å². The fourth-order valence-electron chi connectivity index (χ4n) is 4.13. The lowest BCUT2D eigenvalue weighted by Gasteiger charge is -2.05. The average Bonchev–Trinajstić information content (AvgIpc) is 3.22. The van der Waals surface area contributed by atoms with Gasteiger partial charge in [0, 0.05) is 36.1 Å². The van der Waals surface area contributed by atoms with E-state index < -0.39 is 5.97 Å². The number of fused-ring (bicyclic) bond motifs is 2. The van der Waals surface area contributed by atoms with Crippen LogP contribution in [0.25, 0.3) is 44.3 Å². The molecule has 5 rings (SSSR count). The summed E-state index contributed by atoms with van der Waals surface area (Å²) in [7, 11) is 0. The summed E-state index contributed by atoms with van der Waals surface area (Å²) >= 11 is 0. The molecule has 0 saturated heterocycles. The van der Waals surface area contributed by atoms with Crippen molar-refractivity contribution >= 4 is 27.9 Å². The molecule has 4 N–H and O–H groups in total. The molecule has 0 atom stereocenters. The van der Waals surface area contributed by atoms with Gasteiger partial charge in [-0.25, -0.2) is 4.98 Å². The summed E-state index contributed by atoms with van der Waals surface area (Å²) in [6.45, 7) is 2.63. The number of aryl methyl sites for hydroxylation is 1. The van der Waals surface area contributed by atoms with Crippen molar-refractivity contribution in [2.24, 2.45) is 5.73 Å². The van der Waals surface area contributed by atoms with Gasteiger partial charge in [-0.2, -0.15) is 0 Å². The zero-order valence-electron chi connectivity index (χ0n) is 19.6. The smallest absolute Gasteiger partial charge is 0.300 e. The fourth-order valence-corrected chi connectivity index (χ4v) is 4.13. The Balaban J connectivity index is 0.000000672. The van der Waals surface area contributed by atoms with E-state index in [9.17, 15) is 4.79 Å². The molecule has 0 radical (unpaired) electrons. The van der Waals surface area contributed by atoms with Gasteiger partial charge in [0.1, 0.15) is 5.69 Å². The van der Waals surface area contributed by atoms with Crippen molar-refractivity contribution in [3.05, 3.63) is 89.3 Å². The predicted octanol–water partition coefficient (Wildman–Crippen LogP) is 5.04. The number of unbranched alkanes of at least 4 members (excludes halogenated alkanes) is 1. The predicted molar refractivity (Wildman–Crippen MR) is 140 cm³/mol. The van der Waals surface area contributed by atoms with E-state index in [0.29, 0.717) is 12.2 Å². The number of nitrogens with zero attached hydrogens (tertiary/aromatic N) is 2. The summed E-state index contributed by atoms with van der Waals surface area (Å²) < 4.78 is 2.20. The number of H-pyrrole nitrogens is 1. The molecule has 0 spiro atoms. The lowest BCUT2D eigenvalue weighted by molar-refractivity contribution is -0.134. The zero-order chi connectivity index (χ0) is 24.8. The molecule has 0 bridgehead atoms. The minimum Gasteiger partial charge on any atom is -0.481 e. The molecule has 7 heteroatoms. The number of carboxylic acid groups (broad SMARTS) is 1. The van der Waals surface area contributed by atoms with Gasteiger partial charge in [-0.1, -0.05) is 54.6 Å². The summed E-state index contributed by atoms with van der Waals surface area (Å²) in [6.07, 6.45) is 4.02. The van der Waals surface area contributed by atoms with Gasteiger partial charge < -0.3 is 20.4 Å². The number of nitrogens with one attached hydrogen (secondary N) is 1. The van der Waals surface area contributed by atoms with Gasteiger partial charge in [0.05, 0.1) is 11.0 Å². The van der Waals surface area contributed by atoms with Crippen LogP contribution in [0.3, 0.4) is 0 Å². The van der Waals surface area contributed by atoms with Crippen LogP contribution < -0.4 is 11.3 Å². The average molecular weight is 469 g/mol. The van der Waals surface area contributed by atoms with Crippen molar-refractivity contribution < 1.29 is 9.90 Å². The summed E-state index contributed by atoms with van der Waals surface area (Å²) in [5.41, 5.74) is 11.6. The summed E-state index contributed by atoms with van der Waals surface area (Å²) in [5, 5.41) is 8.45. The Morgan fingerprint density at radius 1 is 1.00 bits per heavy atom. The lowest BCUT2D eigenvalue weighted by Crippen LogP contribution is -2.11. The van der Waals surface area contributed by atoms with E-state index in [1.165, 1.54) is 0 Å². The standard InChI is InChI=1S/C26H24N4O.C2H4O2/c27-14-6-7-15-30-17-21(20-10-4-5-11-24(20)30)25-26(31)29-23-16-19(12-13-22(23)28-25)18-8-2-1-3-9-18;1-2(3)4/h1-5,8-13,16-17H,6-7,14-15,27H2,(H,29,31);1H3,(H,3,4). The van der Waals surface area contributed by atoms with Crippen molar-refractivity contribution in [3.8, 4) is 22.4 Å². The fraction of sp³-hybridized carbons (Fsp3) is 0.179. The molecule has 5 aromatic rings. The summed E-state index contributed by atoms with van der Waals surface area (Å²) in [6, 6.07) is 24.3. The van der Waals surface area contributed by atoms with Gasteiger partial charge in [0.25, 0.3) is 11.5 Å². The van der Waals surface area contributed by atoms with Crippen LogP contribution >= 0.6 is 0 Å². The first-order valence-electron chi connectivity index (χ1n) is 11.6. The number of aromatic nitrogens is 3. The van der Waals surface area contributed by atoms with Gasteiger partial charge in [0.2, 0.25) is 0 Å². The molecule has 0 aliphatic carbocycles. The molecule has 3 aromatic carbocycles. The SMILES string of the molecule is CC(=O)O.NCCCCn1cc(-c2nc3ccc(-c4ccccc4)cc3[nH]c2=O)c2ccccc21. The zero-order valence-corrected chi connectivity index (χ0v) is 19.6. The topological polar surface area (TPSA) is 114 Å². The number of rotatable bonds is 6. The van der Waals surface area contributed by atoms with Crippen molar-refractivity contribution in [1.29, 1.82) is 0 Å². The quantitative estimate of drug-likeness (QED) is 0.302. The Morgan fingerprint density at radius 2 is 1.71 bits per heavy atom. The second-order valence-electron chi connectivity index (χ2n) is 8.28. The van der Waals surface area contributed by atoms with Crippen LogP contribution in [-0.2, 0) is 11.3 Å². The number of benzene rings is 3. The van der Waals surface area contributed by atoms with E-state index in [-0.39, 0.29) is 5.56 Å². The van der Waals surface area contributed by atoms with E-state index >= 15 is 0 Å². The van der Waals surface area contributed by atoms with Crippen LogP contribution in [0.2, 0.25) is 0 Å². The third kappa shape index (κ3) is 5.47. The van der Waals surface area contributed by atoms with E-state index in [2.05, 4.69) is 27.8 Å². The van der Waals surface area contributed by atoms with Crippen molar-refractivity contribution in [2.45, 2.75) is 26.3 Å². The van der Waals surface area contributed by atoms with Crippen molar-refractivity contribution in [1.82, 2.24) is 14.5 Å². The Labute approximate surface area is 202 Å². The van der Waals surface area contributed by atoms with Crippen molar-refractivity contribution in [3.63, 3.8) is 0 Å². The Bertz CT molecular complexity index is 1520. The number of carbonyl (C=O) groups is 1.